The van der Waals surface area contributed by atoms with Crippen molar-refractivity contribution in [3.05, 3.63) is 0 Å². The lowest BCUT2D eigenvalue weighted by molar-refractivity contribution is -0.153. The first-order valence-corrected chi connectivity index (χ1v) is 5.24. The second-order valence-electron chi connectivity index (χ2n) is 4.07. The van der Waals surface area contributed by atoms with Crippen LogP contribution in [0.15, 0.2) is 0 Å². The summed E-state index contributed by atoms with van der Waals surface area (Å²) in [5.41, 5.74) is -0.490. The van der Waals surface area contributed by atoms with E-state index in [-0.39, 0.29) is 5.92 Å². The molecule has 0 amide bonds. The highest BCUT2D eigenvalue weighted by molar-refractivity contribution is 5.74. The zero-order chi connectivity index (χ0) is 10.5. The van der Waals surface area contributed by atoms with E-state index in [2.05, 4.69) is 6.92 Å². The van der Waals surface area contributed by atoms with Gasteiger partial charge in [-0.1, -0.05) is 40.5 Å². The molecule has 0 aromatic rings. The normalized spacial score (nSPS) is 15.8. The minimum Gasteiger partial charge on any atom is -0.481 e. The van der Waals surface area contributed by atoms with Crippen LogP contribution in [0.25, 0.3) is 0 Å². The second-order valence-corrected chi connectivity index (χ2v) is 4.07. The number of rotatable bonds is 6. The third-order valence-corrected chi connectivity index (χ3v) is 3.14. The molecular weight excluding hydrogens is 164 g/mol. The smallest absolute Gasteiger partial charge is 0.309 e. The average Bonchev–Trinajstić information content (AvgIpc) is 2.05. The quantitative estimate of drug-likeness (QED) is 0.691. The van der Waals surface area contributed by atoms with Crippen LogP contribution in [0.3, 0.4) is 0 Å². The fourth-order valence-electron chi connectivity index (χ4n) is 1.87. The maximum absolute atomic E-state index is 11.2. The SMILES string of the molecule is CCCCC(CC)(C(=O)O)C(C)C. The standard InChI is InChI=1S/C11H22O2/c1-5-7-8-11(6-2,9(3)4)10(12)13/h9H,5-8H2,1-4H3,(H,12,13). The van der Waals surface area contributed by atoms with Gasteiger partial charge in [0.25, 0.3) is 0 Å². The molecule has 0 saturated carbocycles. The van der Waals surface area contributed by atoms with Gasteiger partial charge in [-0.2, -0.15) is 0 Å². The topological polar surface area (TPSA) is 37.3 Å². The summed E-state index contributed by atoms with van der Waals surface area (Å²) in [6.45, 7) is 8.09. The van der Waals surface area contributed by atoms with E-state index in [1.807, 2.05) is 20.8 Å². The van der Waals surface area contributed by atoms with Gasteiger partial charge in [-0.05, 0) is 18.8 Å². The second kappa shape index (κ2) is 5.25. The summed E-state index contributed by atoms with van der Waals surface area (Å²) >= 11 is 0. The molecule has 1 unspecified atom stereocenters. The average molecular weight is 186 g/mol. The fraction of sp³-hybridized carbons (Fsp3) is 0.909. The summed E-state index contributed by atoms with van der Waals surface area (Å²) in [5, 5.41) is 9.22. The summed E-state index contributed by atoms with van der Waals surface area (Å²) in [6.07, 6.45) is 3.63. The van der Waals surface area contributed by atoms with Crippen LogP contribution < -0.4 is 0 Å². The first-order valence-electron chi connectivity index (χ1n) is 5.24. The molecule has 0 rings (SSSR count). The van der Waals surface area contributed by atoms with E-state index in [0.717, 1.165) is 25.7 Å². The molecule has 78 valence electrons. The van der Waals surface area contributed by atoms with Gasteiger partial charge in [-0.15, -0.1) is 0 Å². The number of hydrogen-bond donors (Lipinski definition) is 1. The van der Waals surface area contributed by atoms with Crippen LogP contribution in [0.4, 0.5) is 0 Å². The van der Waals surface area contributed by atoms with Gasteiger partial charge in [0.05, 0.1) is 5.41 Å². The molecule has 2 heteroatoms. The minimum absolute atomic E-state index is 0.224. The number of unbranched alkanes of at least 4 members (excludes halogenated alkanes) is 1. The lowest BCUT2D eigenvalue weighted by atomic mass is 9.71. The third kappa shape index (κ3) is 2.71. The highest BCUT2D eigenvalue weighted by Gasteiger charge is 2.38. The number of aliphatic carboxylic acids is 1. The number of carboxylic acid groups (broad SMARTS) is 1. The van der Waals surface area contributed by atoms with Crippen molar-refractivity contribution in [2.75, 3.05) is 0 Å². The summed E-state index contributed by atoms with van der Waals surface area (Å²) in [4.78, 5) is 11.2. The lowest BCUT2D eigenvalue weighted by Crippen LogP contribution is -2.35. The number of carboxylic acids is 1. The molecule has 0 spiro atoms. The van der Waals surface area contributed by atoms with Gasteiger partial charge < -0.3 is 5.11 Å². The van der Waals surface area contributed by atoms with Gasteiger partial charge in [-0.3, -0.25) is 4.79 Å². The van der Waals surface area contributed by atoms with E-state index in [4.69, 9.17) is 0 Å². The Labute approximate surface area is 81.3 Å². The van der Waals surface area contributed by atoms with Crippen molar-refractivity contribution < 1.29 is 9.90 Å². The van der Waals surface area contributed by atoms with Gasteiger partial charge in [0.2, 0.25) is 0 Å². The largest absolute Gasteiger partial charge is 0.481 e. The van der Waals surface area contributed by atoms with E-state index in [1.165, 1.54) is 0 Å². The van der Waals surface area contributed by atoms with E-state index in [0.29, 0.717) is 0 Å². The van der Waals surface area contributed by atoms with Crippen LogP contribution in [0.2, 0.25) is 0 Å². The van der Waals surface area contributed by atoms with Crippen LogP contribution >= 0.6 is 0 Å². The van der Waals surface area contributed by atoms with Crippen molar-refractivity contribution in [2.45, 2.75) is 53.4 Å². The Morgan fingerprint density at radius 2 is 1.92 bits per heavy atom. The highest BCUT2D eigenvalue weighted by Crippen LogP contribution is 2.37. The van der Waals surface area contributed by atoms with Gasteiger partial charge in [0, 0.05) is 0 Å². The monoisotopic (exact) mass is 186 g/mol. The molecule has 0 fully saturated rings. The fourth-order valence-corrected chi connectivity index (χ4v) is 1.87. The van der Waals surface area contributed by atoms with E-state index < -0.39 is 11.4 Å². The summed E-state index contributed by atoms with van der Waals surface area (Å²) in [7, 11) is 0. The van der Waals surface area contributed by atoms with Crippen molar-refractivity contribution in [3.63, 3.8) is 0 Å². The van der Waals surface area contributed by atoms with E-state index in [1.54, 1.807) is 0 Å². The van der Waals surface area contributed by atoms with Gasteiger partial charge in [0.1, 0.15) is 0 Å². The summed E-state index contributed by atoms with van der Waals surface area (Å²) in [6, 6.07) is 0. The minimum atomic E-state index is -0.626. The predicted octanol–water partition coefficient (Wildman–Crippen LogP) is 3.31. The first kappa shape index (κ1) is 12.5. The zero-order valence-electron chi connectivity index (χ0n) is 9.26. The molecule has 0 bridgehead atoms. The third-order valence-electron chi connectivity index (χ3n) is 3.14. The molecule has 1 N–H and O–H groups in total. The first-order chi connectivity index (χ1) is 6.01. The van der Waals surface area contributed by atoms with Crippen LogP contribution in [0.5, 0.6) is 0 Å². The number of carbonyl (C=O) groups is 1. The zero-order valence-corrected chi connectivity index (χ0v) is 9.26. The Kier molecular flexibility index (Phi) is 5.04. The molecule has 0 aromatic heterocycles. The molecule has 0 aliphatic rings. The maximum atomic E-state index is 11.2. The molecule has 0 heterocycles. The van der Waals surface area contributed by atoms with Crippen molar-refractivity contribution in [2.24, 2.45) is 11.3 Å². The molecular formula is C11H22O2. The van der Waals surface area contributed by atoms with Crippen LogP contribution in [0, 0.1) is 11.3 Å². The summed E-state index contributed by atoms with van der Waals surface area (Å²) in [5.74, 6) is -0.403. The molecule has 2 nitrogen and oxygen atoms in total. The van der Waals surface area contributed by atoms with E-state index in [9.17, 15) is 9.90 Å². The maximum Gasteiger partial charge on any atom is 0.309 e. The van der Waals surface area contributed by atoms with E-state index >= 15 is 0 Å². The van der Waals surface area contributed by atoms with Crippen molar-refractivity contribution >= 4 is 5.97 Å². The molecule has 0 saturated heterocycles. The Morgan fingerprint density at radius 1 is 1.38 bits per heavy atom. The van der Waals surface area contributed by atoms with Gasteiger partial charge in [0.15, 0.2) is 0 Å². The molecule has 0 aliphatic heterocycles. The molecule has 13 heavy (non-hydrogen) atoms. The predicted molar refractivity (Wildman–Crippen MR) is 54.7 cm³/mol. The molecule has 1 atom stereocenters. The Hall–Kier alpha value is -0.530. The van der Waals surface area contributed by atoms with Crippen LogP contribution in [-0.4, -0.2) is 11.1 Å². The lowest BCUT2D eigenvalue weighted by Gasteiger charge is -2.32. The summed E-state index contributed by atoms with van der Waals surface area (Å²) < 4.78 is 0. The van der Waals surface area contributed by atoms with Crippen molar-refractivity contribution in [1.82, 2.24) is 0 Å². The van der Waals surface area contributed by atoms with Gasteiger partial charge >= 0.3 is 5.97 Å². The van der Waals surface area contributed by atoms with Crippen molar-refractivity contribution in [3.8, 4) is 0 Å². The Morgan fingerprint density at radius 3 is 2.15 bits per heavy atom. The number of hydrogen-bond acceptors (Lipinski definition) is 1. The van der Waals surface area contributed by atoms with Crippen molar-refractivity contribution in [1.29, 1.82) is 0 Å². The molecule has 0 aliphatic carbocycles. The highest BCUT2D eigenvalue weighted by atomic mass is 16.4. The molecule has 0 radical (unpaired) electrons. The van der Waals surface area contributed by atoms with Crippen LogP contribution in [-0.2, 0) is 4.79 Å². The Balaban J connectivity index is 4.55. The van der Waals surface area contributed by atoms with Gasteiger partial charge in [-0.25, -0.2) is 0 Å². The Bertz CT molecular complexity index is 163. The van der Waals surface area contributed by atoms with Crippen LogP contribution in [0.1, 0.15) is 53.4 Å². The molecule has 0 aromatic carbocycles.